The fourth-order valence-corrected chi connectivity index (χ4v) is 3.88. The molecule has 6 nitrogen and oxygen atoms in total. The van der Waals surface area contributed by atoms with E-state index in [0.29, 0.717) is 29.6 Å². The molecule has 1 aliphatic heterocycles. The molecular formula is C22H24N4O2. The molecule has 0 saturated carbocycles. The van der Waals surface area contributed by atoms with Gasteiger partial charge in [0.05, 0.1) is 5.39 Å². The van der Waals surface area contributed by atoms with Crippen LogP contribution in [0.1, 0.15) is 24.3 Å². The van der Waals surface area contributed by atoms with E-state index >= 15 is 0 Å². The molecule has 0 N–H and O–H groups in total. The number of rotatable bonds is 3. The first kappa shape index (κ1) is 18.2. The molecule has 28 heavy (non-hydrogen) atoms. The highest BCUT2D eigenvalue weighted by Gasteiger charge is 2.30. The van der Waals surface area contributed by atoms with E-state index in [-0.39, 0.29) is 17.5 Å². The van der Waals surface area contributed by atoms with Crippen molar-refractivity contribution >= 4 is 22.4 Å². The highest BCUT2D eigenvalue weighted by molar-refractivity contribution is 6.05. The SMILES string of the molecule is CCn1nc(C(=O)N2CCN(c3ccccc3)CC2C)c2ccccc2c1=O. The first-order valence-electron chi connectivity index (χ1n) is 9.71. The van der Waals surface area contributed by atoms with Crippen LogP contribution in [-0.2, 0) is 6.54 Å². The van der Waals surface area contributed by atoms with Crippen molar-refractivity contribution < 1.29 is 4.79 Å². The van der Waals surface area contributed by atoms with Gasteiger partial charge in [0.1, 0.15) is 0 Å². The normalized spacial score (nSPS) is 17.1. The monoisotopic (exact) mass is 376 g/mol. The summed E-state index contributed by atoms with van der Waals surface area (Å²) in [5, 5.41) is 5.57. The summed E-state index contributed by atoms with van der Waals surface area (Å²) in [6.45, 7) is 6.51. The Morgan fingerprint density at radius 3 is 2.39 bits per heavy atom. The molecule has 0 spiro atoms. The van der Waals surface area contributed by atoms with Crippen molar-refractivity contribution in [1.29, 1.82) is 0 Å². The number of amides is 1. The molecule has 0 bridgehead atoms. The molecule has 2 heterocycles. The van der Waals surface area contributed by atoms with Crippen molar-refractivity contribution in [3.8, 4) is 0 Å². The molecule has 2 aromatic carbocycles. The molecule has 1 aromatic heterocycles. The lowest BCUT2D eigenvalue weighted by Crippen LogP contribution is -2.54. The van der Waals surface area contributed by atoms with E-state index in [1.807, 2.05) is 48.2 Å². The van der Waals surface area contributed by atoms with E-state index in [4.69, 9.17) is 0 Å². The summed E-state index contributed by atoms with van der Waals surface area (Å²) in [6.07, 6.45) is 0. The van der Waals surface area contributed by atoms with Crippen LogP contribution in [0.3, 0.4) is 0 Å². The Hall–Kier alpha value is -3.15. The van der Waals surface area contributed by atoms with Gasteiger partial charge in [0.2, 0.25) is 0 Å². The van der Waals surface area contributed by atoms with E-state index < -0.39 is 0 Å². The van der Waals surface area contributed by atoms with Crippen molar-refractivity contribution in [2.45, 2.75) is 26.4 Å². The number of fused-ring (bicyclic) bond motifs is 1. The molecule has 1 unspecified atom stereocenters. The van der Waals surface area contributed by atoms with E-state index in [1.165, 1.54) is 10.4 Å². The molecule has 1 aliphatic rings. The molecule has 3 aromatic rings. The third-order valence-corrected chi connectivity index (χ3v) is 5.38. The van der Waals surface area contributed by atoms with Gasteiger partial charge in [-0.1, -0.05) is 36.4 Å². The summed E-state index contributed by atoms with van der Waals surface area (Å²) in [5.41, 5.74) is 1.37. The Labute approximate surface area is 164 Å². The Bertz CT molecular complexity index is 1060. The number of piperazine rings is 1. The molecule has 0 radical (unpaired) electrons. The summed E-state index contributed by atoms with van der Waals surface area (Å²) < 4.78 is 1.38. The van der Waals surface area contributed by atoms with Crippen molar-refractivity contribution in [1.82, 2.24) is 14.7 Å². The number of anilines is 1. The highest BCUT2D eigenvalue weighted by atomic mass is 16.2. The zero-order chi connectivity index (χ0) is 19.7. The van der Waals surface area contributed by atoms with Crippen LogP contribution in [0, 0.1) is 0 Å². The quantitative estimate of drug-likeness (QED) is 0.705. The topological polar surface area (TPSA) is 58.4 Å². The molecule has 1 fully saturated rings. The van der Waals surface area contributed by atoms with Gasteiger partial charge < -0.3 is 9.80 Å². The van der Waals surface area contributed by atoms with Gasteiger partial charge in [-0.3, -0.25) is 9.59 Å². The molecule has 0 aliphatic carbocycles. The van der Waals surface area contributed by atoms with E-state index in [0.717, 1.165) is 13.1 Å². The first-order valence-corrected chi connectivity index (χ1v) is 9.71. The Morgan fingerprint density at radius 2 is 1.71 bits per heavy atom. The van der Waals surface area contributed by atoms with Gasteiger partial charge in [-0.25, -0.2) is 4.68 Å². The lowest BCUT2D eigenvalue weighted by Gasteiger charge is -2.41. The summed E-state index contributed by atoms with van der Waals surface area (Å²) in [5.74, 6) is -0.112. The lowest BCUT2D eigenvalue weighted by atomic mass is 10.1. The number of nitrogens with zero attached hydrogens (tertiary/aromatic N) is 4. The van der Waals surface area contributed by atoms with E-state index in [2.05, 4.69) is 29.1 Å². The Kier molecular flexibility index (Phi) is 4.86. The molecular weight excluding hydrogens is 352 g/mol. The van der Waals surface area contributed by atoms with E-state index in [9.17, 15) is 9.59 Å². The zero-order valence-corrected chi connectivity index (χ0v) is 16.2. The van der Waals surface area contributed by atoms with Gasteiger partial charge in [0, 0.05) is 43.3 Å². The molecule has 1 atom stereocenters. The summed E-state index contributed by atoms with van der Waals surface area (Å²) in [4.78, 5) is 30.1. The number of benzene rings is 2. The van der Waals surface area contributed by atoms with Crippen molar-refractivity contribution in [2.24, 2.45) is 0 Å². The van der Waals surface area contributed by atoms with Crippen molar-refractivity contribution in [2.75, 3.05) is 24.5 Å². The fraction of sp³-hybridized carbons (Fsp3) is 0.318. The number of hydrogen-bond donors (Lipinski definition) is 0. The van der Waals surface area contributed by atoms with Gasteiger partial charge in [-0.05, 0) is 32.0 Å². The molecule has 144 valence electrons. The number of carbonyl (C=O) groups excluding carboxylic acids is 1. The van der Waals surface area contributed by atoms with Gasteiger partial charge in [-0.15, -0.1) is 0 Å². The molecule has 1 amide bonds. The van der Waals surface area contributed by atoms with Gasteiger partial charge in [0.25, 0.3) is 11.5 Å². The van der Waals surface area contributed by atoms with Crippen LogP contribution in [0.4, 0.5) is 5.69 Å². The van der Waals surface area contributed by atoms with Gasteiger partial charge in [-0.2, -0.15) is 5.10 Å². The average molecular weight is 376 g/mol. The number of aryl methyl sites for hydroxylation is 1. The van der Waals surface area contributed by atoms with E-state index in [1.54, 1.807) is 6.07 Å². The van der Waals surface area contributed by atoms with Crippen molar-refractivity contribution in [3.63, 3.8) is 0 Å². The second-order valence-corrected chi connectivity index (χ2v) is 7.14. The van der Waals surface area contributed by atoms with Crippen LogP contribution in [-0.4, -0.2) is 46.3 Å². The summed E-state index contributed by atoms with van der Waals surface area (Å²) in [6, 6.07) is 17.5. The molecule has 6 heteroatoms. The smallest absolute Gasteiger partial charge is 0.275 e. The van der Waals surface area contributed by atoms with Crippen LogP contribution in [0.25, 0.3) is 10.8 Å². The predicted octanol–water partition coefficient (Wildman–Crippen LogP) is 2.77. The Morgan fingerprint density at radius 1 is 1.04 bits per heavy atom. The van der Waals surface area contributed by atoms with Crippen LogP contribution in [0.5, 0.6) is 0 Å². The minimum absolute atomic E-state index is 0.0454. The fourth-order valence-electron chi connectivity index (χ4n) is 3.88. The number of hydrogen-bond acceptors (Lipinski definition) is 4. The number of carbonyl (C=O) groups is 1. The van der Waals surface area contributed by atoms with Gasteiger partial charge >= 0.3 is 0 Å². The molecule has 1 saturated heterocycles. The summed E-state index contributed by atoms with van der Waals surface area (Å²) in [7, 11) is 0. The number of aromatic nitrogens is 2. The first-order chi connectivity index (χ1) is 13.6. The van der Waals surface area contributed by atoms with Crippen LogP contribution in [0.15, 0.2) is 59.4 Å². The second kappa shape index (κ2) is 7.46. The third kappa shape index (κ3) is 3.15. The maximum Gasteiger partial charge on any atom is 0.275 e. The number of para-hydroxylation sites is 1. The van der Waals surface area contributed by atoms with Gasteiger partial charge in [0.15, 0.2) is 5.69 Å². The largest absolute Gasteiger partial charge is 0.368 e. The highest BCUT2D eigenvalue weighted by Crippen LogP contribution is 2.22. The maximum absolute atomic E-state index is 13.4. The van der Waals surface area contributed by atoms with Crippen molar-refractivity contribution in [3.05, 3.63) is 70.6 Å². The standard InChI is InChI=1S/C22H24N4O2/c1-3-26-21(27)19-12-8-7-11-18(19)20(23-26)22(28)25-14-13-24(15-16(25)2)17-9-5-4-6-10-17/h4-12,16H,3,13-15H2,1-2H3. The van der Waals surface area contributed by atoms with Crippen LogP contribution >= 0.6 is 0 Å². The maximum atomic E-state index is 13.4. The summed E-state index contributed by atoms with van der Waals surface area (Å²) >= 11 is 0. The second-order valence-electron chi connectivity index (χ2n) is 7.14. The van der Waals surface area contributed by atoms with Crippen LogP contribution < -0.4 is 10.5 Å². The predicted molar refractivity (Wildman–Crippen MR) is 111 cm³/mol. The lowest BCUT2D eigenvalue weighted by molar-refractivity contribution is 0.0667. The Balaban J connectivity index is 1.65. The third-order valence-electron chi connectivity index (χ3n) is 5.38. The molecule has 4 rings (SSSR count). The zero-order valence-electron chi connectivity index (χ0n) is 16.2. The minimum atomic E-state index is -0.156. The van der Waals surface area contributed by atoms with Crippen LogP contribution in [0.2, 0.25) is 0 Å². The minimum Gasteiger partial charge on any atom is -0.368 e. The average Bonchev–Trinajstić information content (AvgIpc) is 2.74.